The van der Waals surface area contributed by atoms with E-state index in [1.807, 2.05) is 10.9 Å². The summed E-state index contributed by atoms with van der Waals surface area (Å²) in [6.45, 7) is 4.35. The lowest BCUT2D eigenvalue weighted by Crippen LogP contribution is -2.62. The second-order valence-electron chi connectivity index (χ2n) is 10.2. The summed E-state index contributed by atoms with van der Waals surface area (Å²) in [4.78, 5) is 0. The lowest BCUT2D eigenvalue weighted by atomic mass is 9.57. The second kappa shape index (κ2) is 8.17. The summed E-state index contributed by atoms with van der Waals surface area (Å²) in [6.07, 6.45) is 10.1. The Morgan fingerprint density at radius 3 is 2.50 bits per heavy atom. The van der Waals surface area contributed by atoms with Gasteiger partial charge in [0, 0.05) is 6.42 Å². The molecule has 0 radical (unpaired) electrons. The summed E-state index contributed by atoms with van der Waals surface area (Å²) >= 11 is 0. The van der Waals surface area contributed by atoms with Gasteiger partial charge in [-0.05, 0) is 87.4 Å². The van der Waals surface area contributed by atoms with Crippen LogP contribution in [-0.2, 0) is 22.3 Å². The smallest absolute Gasteiger partial charge is 0.178 e. The molecule has 4 nitrogen and oxygen atoms in total. The predicted octanol–water partition coefficient (Wildman–Crippen LogP) is 6.27. The quantitative estimate of drug-likeness (QED) is 0.464. The van der Waals surface area contributed by atoms with Gasteiger partial charge in [0.05, 0.1) is 35.2 Å². The number of hydrogen-bond acceptors (Lipinski definition) is 3. The predicted molar refractivity (Wildman–Crippen MR) is 130 cm³/mol. The maximum atomic E-state index is 13.5. The molecule has 2 heterocycles. The molecular formula is C29H31FN2O2. The SMILES string of the molecule is C[C@H]1C[C@H](C)OC2(CCCC3=Cc4c(cnn4-c4ccc(F)cc4)C[C@@]32Cc2ccccc2)O1. The van der Waals surface area contributed by atoms with Gasteiger partial charge in [-0.25, -0.2) is 9.07 Å². The fourth-order valence-electron chi connectivity index (χ4n) is 6.49. The van der Waals surface area contributed by atoms with E-state index in [9.17, 15) is 4.39 Å². The first-order valence-electron chi connectivity index (χ1n) is 12.4. The van der Waals surface area contributed by atoms with E-state index in [0.29, 0.717) is 0 Å². The minimum atomic E-state index is -0.653. The molecule has 2 aliphatic carbocycles. The van der Waals surface area contributed by atoms with Crippen LogP contribution in [0, 0.1) is 11.2 Å². The van der Waals surface area contributed by atoms with Gasteiger partial charge >= 0.3 is 0 Å². The van der Waals surface area contributed by atoms with Crippen LogP contribution >= 0.6 is 0 Å². The Morgan fingerprint density at radius 2 is 1.76 bits per heavy atom. The van der Waals surface area contributed by atoms with Crippen molar-refractivity contribution in [2.75, 3.05) is 0 Å². The van der Waals surface area contributed by atoms with E-state index in [1.54, 1.807) is 12.1 Å². The molecule has 1 saturated heterocycles. The Hall–Kier alpha value is -2.76. The molecule has 2 aromatic carbocycles. The first kappa shape index (κ1) is 21.8. The molecule has 3 atom stereocenters. The maximum Gasteiger partial charge on any atom is 0.178 e. The van der Waals surface area contributed by atoms with E-state index in [1.165, 1.54) is 28.8 Å². The van der Waals surface area contributed by atoms with Crippen LogP contribution in [0.3, 0.4) is 0 Å². The van der Waals surface area contributed by atoms with Crippen molar-refractivity contribution in [1.82, 2.24) is 9.78 Å². The third-order valence-corrected chi connectivity index (χ3v) is 7.85. The van der Waals surface area contributed by atoms with Gasteiger partial charge in [0.2, 0.25) is 0 Å². The van der Waals surface area contributed by atoms with E-state index in [2.05, 4.69) is 50.3 Å². The number of aromatic nitrogens is 2. The number of nitrogens with zero attached hydrogens (tertiary/aromatic N) is 2. The Bertz CT molecular complexity index is 1210. The monoisotopic (exact) mass is 458 g/mol. The zero-order chi connectivity index (χ0) is 23.3. The molecule has 1 spiro atoms. The highest BCUT2D eigenvalue weighted by atomic mass is 19.1. The molecule has 3 aliphatic rings. The van der Waals surface area contributed by atoms with Gasteiger partial charge in [-0.2, -0.15) is 5.10 Å². The molecule has 6 rings (SSSR count). The van der Waals surface area contributed by atoms with Crippen molar-refractivity contribution < 1.29 is 13.9 Å². The molecular weight excluding hydrogens is 427 g/mol. The van der Waals surface area contributed by atoms with Crippen molar-refractivity contribution in [2.24, 2.45) is 5.41 Å². The average molecular weight is 459 g/mol. The molecule has 3 aromatic rings. The van der Waals surface area contributed by atoms with E-state index in [4.69, 9.17) is 14.6 Å². The Kier molecular flexibility index (Phi) is 5.23. The van der Waals surface area contributed by atoms with E-state index in [0.717, 1.165) is 49.9 Å². The van der Waals surface area contributed by atoms with Gasteiger partial charge in [-0.3, -0.25) is 0 Å². The van der Waals surface area contributed by atoms with Crippen molar-refractivity contribution in [1.29, 1.82) is 0 Å². The highest BCUT2D eigenvalue weighted by Gasteiger charge is 2.61. The molecule has 5 heteroatoms. The fraction of sp³-hybridized carbons (Fsp3) is 0.414. The van der Waals surface area contributed by atoms with Gasteiger partial charge in [-0.15, -0.1) is 0 Å². The Labute approximate surface area is 200 Å². The van der Waals surface area contributed by atoms with Crippen molar-refractivity contribution >= 4 is 6.08 Å². The van der Waals surface area contributed by atoms with Gasteiger partial charge in [-0.1, -0.05) is 35.9 Å². The van der Waals surface area contributed by atoms with Crippen molar-refractivity contribution in [3.05, 3.63) is 89.0 Å². The normalized spacial score (nSPS) is 30.5. The summed E-state index contributed by atoms with van der Waals surface area (Å²) < 4.78 is 29.1. The standard InChI is InChI=1S/C29H31FN2O2/c1-20-15-21(2)34-29(33-20)14-6-9-24-16-27-23(18-28(24,29)17-22-7-4-3-5-8-22)19-31-32(27)26-12-10-25(30)11-13-26/h3-5,7-8,10-13,16,19-21H,6,9,14-15,17-18H2,1-2H3/t20-,21-,28-/m0/s1. The number of benzene rings is 2. The molecule has 2 fully saturated rings. The molecule has 1 saturated carbocycles. The minimum absolute atomic E-state index is 0.152. The lowest BCUT2D eigenvalue weighted by Gasteiger charge is -2.58. The van der Waals surface area contributed by atoms with Crippen LogP contribution in [0.25, 0.3) is 11.8 Å². The van der Waals surface area contributed by atoms with Gasteiger partial charge < -0.3 is 9.47 Å². The second-order valence-corrected chi connectivity index (χ2v) is 10.2. The molecule has 1 aliphatic heterocycles. The van der Waals surface area contributed by atoms with Gasteiger partial charge in [0.15, 0.2) is 5.79 Å². The molecule has 0 amide bonds. The topological polar surface area (TPSA) is 36.3 Å². The van der Waals surface area contributed by atoms with Crippen LogP contribution in [-0.4, -0.2) is 27.8 Å². The van der Waals surface area contributed by atoms with E-state index in [-0.39, 0.29) is 23.4 Å². The Morgan fingerprint density at radius 1 is 1.03 bits per heavy atom. The number of rotatable bonds is 3. The number of ether oxygens (including phenoxy) is 2. The number of halogens is 1. The molecule has 1 aromatic heterocycles. The first-order valence-corrected chi connectivity index (χ1v) is 12.4. The molecule has 176 valence electrons. The van der Waals surface area contributed by atoms with Crippen LogP contribution in [0.2, 0.25) is 0 Å². The summed E-state index contributed by atoms with van der Waals surface area (Å²) in [6, 6.07) is 17.3. The first-order chi connectivity index (χ1) is 16.5. The summed E-state index contributed by atoms with van der Waals surface area (Å²) in [5.41, 5.74) is 5.51. The van der Waals surface area contributed by atoms with E-state index >= 15 is 0 Å². The molecule has 0 unspecified atom stereocenters. The highest BCUT2D eigenvalue weighted by Crippen LogP contribution is 2.59. The lowest BCUT2D eigenvalue weighted by molar-refractivity contribution is -0.361. The van der Waals surface area contributed by atoms with Gasteiger partial charge in [0.1, 0.15) is 5.82 Å². The van der Waals surface area contributed by atoms with E-state index < -0.39 is 5.79 Å². The van der Waals surface area contributed by atoms with Crippen LogP contribution in [0.1, 0.15) is 56.4 Å². The maximum absolute atomic E-state index is 13.5. The Balaban J connectivity index is 1.50. The highest BCUT2D eigenvalue weighted by molar-refractivity contribution is 5.62. The zero-order valence-electron chi connectivity index (χ0n) is 19.8. The van der Waals surface area contributed by atoms with Gasteiger partial charge in [0.25, 0.3) is 0 Å². The van der Waals surface area contributed by atoms with Crippen molar-refractivity contribution in [2.45, 2.75) is 70.4 Å². The third kappa shape index (κ3) is 3.45. The van der Waals surface area contributed by atoms with Crippen molar-refractivity contribution in [3.8, 4) is 5.69 Å². The van der Waals surface area contributed by atoms with Crippen molar-refractivity contribution in [3.63, 3.8) is 0 Å². The molecule has 0 bridgehead atoms. The number of hydrogen-bond donors (Lipinski definition) is 0. The van der Waals surface area contributed by atoms with Crippen LogP contribution in [0.5, 0.6) is 0 Å². The average Bonchev–Trinajstić information content (AvgIpc) is 3.21. The zero-order valence-corrected chi connectivity index (χ0v) is 19.8. The fourth-order valence-corrected chi connectivity index (χ4v) is 6.49. The van der Waals surface area contributed by atoms with Crippen LogP contribution < -0.4 is 0 Å². The summed E-state index contributed by atoms with van der Waals surface area (Å²) in [5, 5.41) is 4.73. The van der Waals surface area contributed by atoms with Crippen LogP contribution in [0.15, 0.2) is 66.4 Å². The largest absolute Gasteiger partial charge is 0.346 e. The molecule has 34 heavy (non-hydrogen) atoms. The summed E-state index contributed by atoms with van der Waals surface area (Å²) in [7, 11) is 0. The summed E-state index contributed by atoms with van der Waals surface area (Å²) in [5.74, 6) is -0.895. The third-order valence-electron chi connectivity index (χ3n) is 7.85. The minimum Gasteiger partial charge on any atom is -0.346 e. The van der Waals surface area contributed by atoms with Crippen LogP contribution in [0.4, 0.5) is 4.39 Å². The molecule has 0 N–H and O–H groups in total. The number of fused-ring (bicyclic) bond motifs is 3.